The molecule has 0 bridgehead atoms. The molecule has 30 heavy (non-hydrogen) atoms. The lowest BCUT2D eigenvalue weighted by Crippen LogP contribution is -2.58. The number of carbonyl (C=O) groups excluding carboxylic acids is 3. The molecule has 172 valence electrons. The largest absolute Gasteiger partial charge is 0.481 e. The maximum atomic E-state index is 12.5. The van der Waals surface area contributed by atoms with Gasteiger partial charge in [0.2, 0.25) is 17.7 Å². The molecule has 3 amide bonds. The first-order valence-corrected chi connectivity index (χ1v) is 9.73. The third-order valence-corrected chi connectivity index (χ3v) is 4.29. The smallest absolute Gasteiger partial charge is 0.327 e. The Kier molecular flexibility index (Phi) is 13.4. The summed E-state index contributed by atoms with van der Waals surface area (Å²) in [7, 11) is 0. The summed E-state index contributed by atoms with van der Waals surface area (Å²) in [6.45, 7) is -0.499. The molecule has 0 rings (SSSR count). The highest BCUT2D eigenvalue weighted by Crippen LogP contribution is 2.03. The number of carboxylic acids is 2. The molecule has 0 saturated carbocycles. The lowest BCUT2D eigenvalue weighted by Gasteiger charge is -2.24. The summed E-state index contributed by atoms with van der Waals surface area (Å²) in [6, 6.07) is -5.39. The summed E-state index contributed by atoms with van der Waals surface area (Å²) in [5.74, 6) is -5.53. The molecule has 13 nitrogen and oxygen atoms in total. The second-order valence-corrected chi connectivity index (χ2v) is 6.74. The van der Waals surface area contributed by atoms with E-state index >= 15 is 0 Å². The van der Waals surface area contributed by atoms with Crippen LogP contribution in [0.25, 0.3) is 0 Å². The monoisotopic (exact) mass is 451 g/mol. The van der Waals surface area contributed by atoms with Crippen molar-refractivity contribution in [3.8, 4) is 0 Å². The van der Waals surface area contributed by atoms with Gasteiger partial charge in [0.15, 0.2) is 0 Å². The van der Waals surface area contributed by atoms with Crippen LogP contribution in [0.2, 0.25) is 0 Å². The average Bonchev–Trinajstić information content (AvgIpc) is 2.68. The Morgan fingerprint density at radius 1 is 0.867 bits per heavy atom. The standard InChI is InChI=1S/C16H29N5O8S/c17-4-2-1-3-9(19-13(25)8(18)5-12(23)24)14(26)20-10(6-22)15(27)21-11(7-30)16(28)29/h8-11,22,30H,1-7,17-18H2,(H,19,25)(H,20,26)(H,21,27)(H,23,24)(H,28,29). The van der Waals surface area contributed by atoms with Crippen LogP contribution in [0.3, 0.4) is 0 Å². The molecule has 0 aliphatic carbocycles. The number of rotatable bonds is 15. The highest BCUT2D eigenvalue weighted by atomic mass is 32.1. The number of carboxylic acid groups (broad SMARTS) is 2. The number of unbranched alkanes of at least 4 members (excludes halogenated alkanes) is 1. The molecular weight excluding hydrogens is 422 g/mol. The summed E-state index contributed by atoms with van der Waals surface area (Å²) in [4.78, 5) is 58.4. The summed E-state index contributed by atoms with van der Waals surface area (Å²) in [5.41, 5.74) is 10.9. The van der Waals surface area contributed by atoms with E-state index in [1.54, 1.807) is 0 Å². The number of thiol groups is 1. The van der Waals surface area contributed by atoms with Crippen molar-refractivity contribution in [2.45, 2.75) is 49.9 Å². The third kappa shape index (κ3) is 10.4. The van der Waals surface area contributed by atoms with Crippen LogP contribution in [0.1, 0.15) is 25.7 Å². The predicted octanol–water partition coefficient (Wildman–Crippen LogP) is -3.62. The second kappa shape index (κ2) is 14.5. The van der Waals surface area contributed by atoms with Crippen molar-refractivity contribution in [2.75, 3.05) is 18.9 Å². The first kappa shape index (κ1) is 27.6. The maximum Gasteiger partial charge on any atom is 0.327 e. The van der Waals surface area contributed by atoms with Crippen LogP contribution < -0.4 is 27.4 Å². The average molecular weight is 452 g/mol. The molecule has 0 aromatic rings. The lowest BCUT2D eigenvalue weighted by molar-refractivity contribution is -0.142. The van der Waals surface area contributed by atoms with Crippen LogP contribution in [0.4, 0.5) is 0 Å². The summed E-state index contributed by atoms with van der Waals surface area (Å²) < 4.78 is 0. The van der Waals surface area contributed by atoms with E-state index in [4.69, 9.17) is 21.7 Å². The molecular formula is C16H29N5O8S. The molecule has 14 heteroatoms. The third-order valence-electron chi connectivity index (χ3n) is 3.92. The number of aliphatic hydroxyl groups excluding tert-OH is 1. The van der Waals surface area contributed by atoms with Gasteiger partial charge in [-0.15, -0.1) is 0 Å². The van der Waals surface area contributed by atoms with Crippen LogP contribution in [-0.2, 0) is 24.0 Å². The molecule has 0 aliphatic rings. The minimum absolute atomic E-state index is 0.114. The van der Waals surface area contributed by atoms with E-state index in [-0.39, 0.29) is 12.2 Å². The van der Waals surface area contributed by atoms with Gasteiger partial charge in [0, 0.05) is 5.75 Å². The molecule has 4 unspecified atom stereocenters. The Morgan fingerprint density at radius 2 is 1.40 bits per heavy atom. The van der Waals surface area contributed by atoms with Crippen molar-refractivity contribution in [3.63, 3.8) is 0 Å². The van der Waals surface area contributed by atoms with E-state index < -0.39 is 66.9 Å². The molecule has 4 atom stereocenters. The molecule has 0 aliphatic heterocycles. The second-order valence-electron chi connectivity index (χ2n) is 6.38. The Hall–Kier alpha value is -2.42. The van der Waals surface area contributed by atoms with Gasteiger partial charge < -0.3 is 42.7 Å². The molecule has 0 aromatic carbocycles. The number of nitrogens with one attached hydrogen (secondary N) is 3. The first-order chi connectivity index (χ1) is 14.1. The van der Waals surface area contributed by atoms with Gasteiger partial charge in [0.25, 0.3) is 0 Å². The summed E-state index contributed by atoms with van der Waals surface area (Å²) in [6.07, 6.45) is 0.431. The molecule has 0 aromatic heterocycles. The van der Waals surface area contributed by atoms with E-state index in [9.17, 15) is 29.1 Å². The van der Waals surface area contributed by atoms with E-state index in [0.717, 1.165) is 0 Å². The number of nitrogens with two attached hydrogens (primary N) is 2. The van der Waals surface area contributed by atoms with E-state index in [1.165, 1.54) is 0 Å². The summed E-state index contributed by atoms with van der Waals surface area (Å²) in [5, 5.41) is 33.7. The van der Waals surface area contributed by atoms with Gasteiger partial charge in [0.1, 0.15) is 18.1 Å². The Bertz CT molecular complexity index is 620. The number of hydrogen-bond donors (Lipinski definition) is 9. The van der Waals surface area contributed by atoms with E-state index in [2.05, 4.69) is 28.6 Å². The lowest BCUT2D eigenvalue weighted by atomic mass is 10.1. The van der Waals surface area contributed by atoms with E-state index in [0.29, 0.717) is 19.4 Å². The van der Waals surface area contributed by atoms with E-state index in [1.807, 2.05) is 0 Å². The normalized spacial score (nSPS) is 14.7. The van der Waals surface area contributed by atoms with Crippen LogP contribution >= 0.6 is 12.6 Å². The number of amides is 3. The number of aliphatic hydroxyl groups is 1. The van der Waals surface area contributed by atoms with Crippen LogP contribution in [0.5, 0.6) is 0 Å². The highest BCUT2D eigenvalue weighted by Gasteiger charge is 2.29. The Morgan fingerprint density at radius 3 is 1.87 bits per heavy atom. The van der Waals surface area contributed by atoms with Crippen LogP contribution in [-0.4, -0.2) is 88.1 Å². The number of aliphatic carboxylic acids is 2. The number of carbonyl (C=O) groups is 5. The Balaban J connectivity index is 5.17. The van der Waals surface area contributed by atoms with Gasteiger partial charge >= 0.3 is 11.9 Å². The quantitative estimate of drug-likeness (QED) is 0.0875. The zero-order valence-corrected chi connectivity index (χ0v) is 17.1. The fraction of sp³-hybridized carbons (Fsp3) is 0.688. The molecule has 0 fully saturated rings. The van der Waals surface area contributed by atoms with Gasteiger partial charge in [0.05, 0.1) is 19.1 Å². The summed E-state index contributed by atoms with van der Waals surface area (Å²) >= 11 is 3.80. The van der Waals surface area contributed by atoms with Gasteiger partial charge in [-0.2, -0.15) is 12.6 Å². The van der Waals surface area contributed by atoms with Crippen molar-refractivity contribution < 1.29 is 39.3 Å². The van der Waals surface area contributed by atoms with Crippen molar-refractivity contribution in [2.24, 2.45) is 11.5 Å². The molecule has 0 spiro atoms. The van der Waals surface area contributed by atoms with Crippen LogP contribution in [0.15, 0.2) is 0 Å². The maximum absolute atomic E-state index is 12.5. The highest BCUT2D eigenvalue weighted by molar-refractivity contribution is 7.80. The number of hydrogen-bond acceptors (Lipinski definition) is 9. The van der Waals surface area contributed by atoms with Gasteiger partial charge in [-0.25, -0.2) is 4.79 Å². The van der Waals surface area contributed by atoms with Crippen molar-refractivity contribution in [3.05, 3.63) is 0 Å². The van der Waals surface area contributed by atoms with Gasteiger partial charge in [-0.05, 0) is 25.8 Å². The van der Waals surface area contributed by atoms with Gasteiger partial charge in [-0.3, -0.25) is 19.2 Å². The van der Waals surface area contributed by atoms with Crippen molar-refractivity contribution in [1.29, 1.82) is 0 Å². The molecule has 0 saturated heterocycles. The first-order valence-electron chi connectivity index (χ1n) is 9.10. The predicted molar refractivity (Wildman–Crippen MR) is 108 cm³/mol. The van der Waals surface area contributed by atoms with Crippen molar-refractivity contribution >= 4 is 42.3 Å². The van der Waals surface area contributed by atoms with Crippen LogP contribution in [0, 0.1) is 0 Å². The molecule has 10 N–H and O–H groups in total. The van der Waals surface area contributed by atoms with Gasteiger partial charge in [-0.1, -0.05) is 0 Å². The molecule has 0 radical (unpaired) electrons. The zero-order valence-electron chi connectivity index (χ0n) is 16.2. The SMILES string of the molecule is NCCCCC(NC(=O)C(N)CC(=O)O)C(=O)NC(CO)C(=O)NC(CS)C(=O)O. The molecule has 0 heterocycles. The Labute approximate surface area is 178 Å². The minimum Gasteiger partial charge on any atom is -0.481 e. The topological polar surface area (TPSA) is 234 Å². The fourth-order valence-electron chi connectivity index (χ4n) is 2.25. The van der Waals surface area contributed by atoms with Crippen molar-refractivity contribution in [1.82, 2.24) is 16.0 Å². The fourth-order valence-corrected chi connectivity index (χ4v) is 2.49. The zero-order chi connectivity index (χ0) is 23.3. The minimum atomic E-state index is -1.49.